The minimum Gasteiger partial charge on any atom is -0.371 e. The van der Waals surface area contributed by atoms with E-state index in [2.05, 4.69) is 5.32 Å². The Bertz CT molecular complexity index is 197. The first-order valence-corrected chi connectivity index (χ1v) is 5.82. The van der Waals surface area contributed by atoms with Crippen molar-refractivity contribution in [2.24, 2.45) is 17.6 Å². The van der Waals surface area contributed by atoms with E-state index >= 15 is 0 Å². The van der Waals surface area contributed by atoms with Crippen molar-refractivity contribution in [1.82, 2.24) is 5.32 Å². The van der Waals surface area contributed by atoms with Crippen LogP contribution in [0.1, 0.15) is 26.2 Å². The largest absolute Gasteiger partial charge is 0.371 e. The number of hydrogen-bond donors (Lipinski definition) is 2. The Labute approximate surface area is 91.5 Å². The van der Waals surface area contributed by atoms with Gasteiger partial charge in [0, 0.05) is 6.54 Å². The summed E-state index contributed by atoms with van der Waals surface area (Å²) in [4.78, 5) is 11.1. The lowest BCUT2D eigenvalue weighted by molar-refractivity contribution is -0.126. The first-order chi connectivity index (χ1) is 7.27. The van der Waals surface area contributed by atoms with E-state index in [1.165, 1.54) is 19.3 Å². The maximum atomic E-state index is 11.1. The summed E-state index contributed by atoms with van der Waals surface area (Å²) in [6.45, 7) is 4.17. The van der Waals surface area contributed by atoms with Crippen molar-refractivity contribution in [3.63, 3.8) is 0 Å². The van der Waals surface area contributed by atoms with Crippen molar-refractivity contribution in [3.8, 4) is 0 Å². The van der Waals surface area contributed by atoms with Gasteiger partial charge in [0.15, 0.2) is 0 Å². The second-order valence-corrected chi connectivity index (χ2v) is 4.16. The lowest BCUT2D eigenvalue weighted by Gasteiger charge is -2.17. The Kier molecular flexibility index (Phi) is 5.65. The predicted molar refractivity (Wildman–Crippen MR) is 59.4 cm³/mol. The van der Waals surface area contributed by atoms with Gasteiger partial charge in [0.1, 0.15) is 6.61 Å². The highest BCUT2D eigenvalue weighted by molar-refractivity contribution is 5.77. The maximum absolute atomic E-state index is 11.1. The van der Waals surface area contributed by atoms with Crippen molar-refractivity contribution < 1.29 is 9.53 Å². The first-order valence-electron chi connectivity index (χ1n) is 5.82. The van der Waals surface area contributed by atoms with Crippen molar-refractivity contribution in [2.75, 3.05) is 26.3 Å². The molecular weight excluding hydrogens is 192 g/mol. The van der Waals surface area contributed by atoms with Crippen molar-refractivity contribution in [1.29, 1.82) is 0 Å². The predicted octanol–water partition coefficient (Wildman–Crippen LogP) is 0.514. The molecule has 1 aliphatic rings. The molecule has 0 aromatic heterocycles. The van der Waals surface area contributed by atoms with Gasteiger partial charge < -0.3 is 15.8 Å². The smallest absolute Gasteiger partial charge is 0.245 e. The molecule has 1 fully saturated rings. The molecule has 2 unspecified atom stereocenters. The Morgan fingerprint density at radius 1 is 1.47 bits per heavy atom. The van der Waals surface area contributed by atoms with E-state index in [0.717, 1.165) is 6.54 Å². The molecule has 1 saturated carbocycles. The standard InChI is InChI=1S/C11H22N2O2/c1-2-13-11(14)8-15-7-10-5-3-4-9(10)6-12/h9-10H,2-8,12H2,1H3,(H,13,14). The summed E-state index contributed by atoms with van der Waals surface area (Å²) < 4.78 is 5.40. The molecule has 0 aromatic rings. The Balaban J connectivity index is 2.11. The van der Waals surface area contributed by atoms with Gasteiger partial charge in [-0.15, -0.1) is 0 Å². The third-order valence-electron chi connectivity index (χ3n) is 3.06. The summed E-state index contributed by atoms with van der Waals surface area (Å²) in [7, 11) is 0. The molecule has 15 heavy (non-hydrogen) atoms. The highest BCUT2D eigenvalue weighted by Gasteiger charge is 2.26. The van der Waals surface area contributed by atoms with Gasteiger partial charge in [-0.25, -0.2) is 0 Å². The van der Waals surface area contributed by atoms with Gasteiger partial charge in [0.05, 0.1) is 6.61 Å². The van der Waals surface area contributed by atoms with Crippen LogP contribution in [0.3, 0.4) is 0 Å². The number of likely N-dealkylation sites (N-methyl/N-ethyl adjacent to an activating group) is 1. The average molecular weight is 214 g/mol. The zero-order valence-electron chi connectivity index (χ0n) is 9.50. The third-order valence-corrected chi connectivity index (χ3v) is 3.06. The molecule has 4 heteroatoms. The van der Waals surface area contributed by atoms with E-state index in [1.807, 2.05) is 6.92 Å². The fraction of sp³-hybridized carbons (Fsp3) is 0.909. The van der Waals surface area contributed by atoms with Crippen LogP contribution in [0.2, 0.25) is 0 Å². The Morgan fingerprint density at radius 3 is 2.87 bits per heavy atom. The summed E-state index contributed by atoms with van der Waals surface area (Å²) in [6.07, 6.45) is 3.65. The zero-order valence-corrected chi connectivity index (χ0v) is 9.50. The van der Waals surface area contributed by atoms with Crippen LogP contribution < -0.4 is 11.1 Å². The quantitative estimate of drug-likeness (QED) is 0.677. The topological polar surface area (TPSA) is 64.3 Å². The highest BCUT2D eigenvalue weighted by atomic mass is 16.5. The number of nitrogens with two attached hydrogens (primary N) is 1. The third kappa shape index (κ3) is 4.18. The van der Waals surface area contributed by atoms with Crippen LogP contribution in [0.15, 0.2) is 0 Å². The van der Waals surface area contributed by atoms with Crippen LogP contribution in [-0.2, 0) is 9.53 Å². The number of nitrogens with one attached hydrogen (secondary N) is 1. The second kappa shape index (κ2) is 6.80. The lowest BCUT2D eigenvalue weighted by atomic mass is 9.97. The van der Waals surface area contributed by atoms with E-state index in [1.54, 1.807) is 0 Å². The van der Waals surface area contributed by atoms with Crippen LogP contribution in [-0.4, -0.2) is 32.2 Å². The number of rotatable bonds is 6. The van der Waals surface area contributed by atoms with Crippen molar-refractivity contribution in [2.45, 2.75) is 26.2 Å². The van der Waals surface area contributed by atoms with Crippen LogP contribution in [0.4, 0.5) is 0 Å². The van der Waals surface area contributed by atoms with Gasteiger partial charge in [-0.1, -0.05) is 6.42 Å². The highest BCUT2D eigenvalue weighted by Crippen LogP contribution is 2.30. The van der Waals surface area contributed by atoms with E-state index in [9.17, 15) is 4.79 Å². The summed E-state index contributed by atoms with van der Waals surface area (Å²) in [5.74, 6) is 1.13. The summed E-state index contributed by atoms with van der Waals surface area (Å²) >= 11 is 0. The van der Waals surface area contributed by atoms with Gasteiger partial charge in [0.2, 0.25) is 5.91 Å². The van der Waals surface area contributed by atoms with Gasteiger partial charge in [-0.3, -0.25) is 4.79 Å². The van der Waals surface area contributed by atoms with E-state index < -0.39 is 0 Å². The summed E-state index contributed by atoms with van der Waals surface area (Å²) in [5, 5.41) is 2.71. The molecule has 0 spiro atoms. The summed E-state index contributed by atoms with van der Waals surface area (Å²) in [5.41, 5.74) is 5.67. The second-order valence-electron chi connectivity index (χ2n) is 4.16. The number of carbonyl (C=O) groups is 1. The molecular formula is C11H22N2O2. The zero-order chi connectivity index (χ0) is 11.1. The molecule has 1 rings (SSSR count). The van der Waals surface area contributed by atoms with Crippen LogP contribution in [0.5, 0.6) is 0 Å². The summed E-state index contributed by atoms with van der Waals surface area (Å²) in [6, 6.07) is 0. The van der Waals surface area contributed by atoms with Gasteiger partial charge >= 0.3 is 0 Å². The molecule has 0 aromatic carbocycles. The molecule has 88 valence electrons. The Morgan fingerprint density at radius 2 is 2.20 bits per heavy atom. The van der Waals surface area contributed by atoms with E-state index in [-0.39, 0.29) is 12.5 Å². The molecule has 1 amide bonds. The first kappa shape index (κ1) is 12.5. The van der Waals surface area contributed by atoms with E-state index in [0.29, 0.717) is 25.0 Å². The SMILES string of the molecule is CCNC(=O)COCC1CCCC1CN. The fourth-order valence-corrected chi connectivity index (χ4v) is 2.19. The number of carbonyl (C=O) groups excluding carboxylic acids is 1. The molecule has 0 radical (unpaired) electrons. The molecule has 0 saturated heterocycles. The maximum Gasteiger partial charge on any atom is 0.245 e. The molecule has 0 aliphatic heterocycles. The number of ether oxygens (including phenoxy) is 1. The monoisotopic (exact) mass is 214 g/mol. The normalized spacial score (nSPS) is 25.5. The average Bonchev–Trinajstić information content (AvgIpc) is 2.66. The van der Waals surface area contributed by atoms with Crippen LogP contribution in [0, 0.1) is 11.8 Å². The van der Waals surface area contributed by atoms with Crippen LogP contribution >= 0.6 is 0 Å². The van der Waals surface area contributed by atoms with Gasteiger partial charge in [-0.2, -0.15) is 0 Å². The number of hydrogen-bond acceptors (Lipinski definition) is 3. The van der Waals surface area contributed by atoms with Crippen LogP contribution in [0.25, 0.3) is 0 Å². The fourth-order valence-electron chi connectivity index (χ4n) is 2.19. The molecule has 0 heterocycles. The molecule has 2 atom stereocenters. The van der Waals surface area contributed by atoms with Crippen molar-refractivity contribution >= 4 is 5.91 Å². The molecule has 4 nitrogen and oxygen atoms in total. The minimum absolute atomic E-state index is 0.0280. The lowest BCUT2D eigenvalue weighted by Crippen LogP contribution is -2.29. The Hall–Kier alpha value is -0.610. The van der Waals surface area contributed by atoms with E-state index in [4.69, 9.17) is 10.5 Å². The molecule has 1 aliphatic carbocycles. The molecule has 0 bridgehead atoms. The number of amides is 1. The van der Waals surface area contributed by atoms with Gasteiger partial charge in [-0.05, 0) is 38.1 Å². The molecule has 3 N–H and O–H groups in total. The van der Waals surface area contributed by atoms with Crippen molar-refractivity contribution in [3.05, 3.63) is 0 Å². The minimum atomic E-state index is -0.0280. The van der Waals surface area contributed by atoms with Gasteiger partial charge in [0.25, 0.3) is 0 Å².